The molecule has 1 heterocycles. The number of carbonyl (C=O) groups excluding carboxylic acids is 2. The van der Waals surface area contributed by atoms with E-state index in [-0.39, 0.29) is 0 Å². The fourth-order valence-electron chi connectivity index (χ4n) is 1.70. The predicted molar refractivity (Wildman–Crippen MR) is 87.6 cm³/mol. The molecule has 114 valence electrons. The Morgan fingerprint density at radius 3 is 2.45 bits per heavy atom. The van der Waals surface area contributed by atoms with Crippen LogP contribution in [-0.4, -0.2) is 30.9 Å². The molecule has 0 fully saturated rings. The molecule has 1 aromatic heterocycles. The number of hydrogen-bond acceptors (Lipinski definition) is 4. The predicted octanol–water partition coefficient (Wildman–Crippen LogP) is 1.98. The molecule has 2 amide bonds. The Balaban J connectivity index is 2.03. The van der Waals surface area contributed by atoms with E-state index in [1.807, 2.05) is 14.1 Å². The number of carbonyl (C=O) groups is 2. The molecule has 2 N–H and O–H groups in total. The zero-order valence-electron chi connectivity index (χ0n) is 12.1. The maximum Gasteiger partial charge on any atom is 0.270 e. The van der Waals surface area contributed by atoms with Crippen molar-refractivity contribution in [1.29, 1.82) is 0 Å². The second kappa shape index (κ2) is 7.04. The minimum absolute atomic E-state index is 0.400. The van der Waals surface area contributed by atoms with E-state index in [9.17, 15) is 9.59 Å². The second-order valence-corrected chi connectivity index (χ2v) is 5.54. The molecule has 7 heteroatoms. The van der Waals surface area contributed by atoms with Crippen molar-refractivity contribution in [3.63, 3.8) is 0 Å². The van der Waals surface area contributed by atoms with Crippen LogP contribution in [0.4, 0.5) is 5.82 Å². The van der Waals surface area contributed by atoms with Gasteiger partial charge in [-0.05, 0) is 40.2 Å². The van der Waals surface area contributed by atoms with Gasteiger partial charge in [-0.3, -0.25) is 20.4 Å². The van der Waals surface area contributed by atoms with Crippen LogP contribution >= 0.6 is 15.9 Å². The monoisotopic (exact) mass is 362 g/mol. The third-order valence-corrected chi connectivity index (χ3v) is 3.57. The molecule has 2 aromatic rings. The van der Waals surface area contributed by atoms with Gasteiger partial charge in [0, 0.05) is 30.3 Å². The van der Waals surface area contributed by atoms with Crippen LogP contribution in [-0.2, 0) is 0 Å². The standard InChI is InChI=1S/C15H15BrN4O2/c1-20(2)13-9-10(7-8-17-13)14(21)18-19-15(22)11-5-3-4-6-12(11)16/h3-9H,1-2H3,(H,18,21)(H,19,22). The zero-order valence-corrected chi connectivity index (χ0v) is 13.7. The highest BCUT2D eigenvalue weighted by atomic mass is 79.9. The average Bonchev–Trinajstić information content (AvgIpc) is 2.52. The van der Waals surface area contributed by atoms with Gasteiger partial charge in [-0.1, -0.05) is 12.1 Å². The van der Waals surface area contributed by atoms with Crippen molar-refractivity contribution in [3.8, 4) is 0 Å². The fourth-order valence-corrected chi connectivity index (χ4v) is 2.17. The molecule has 1 aromatic carbocycles. The van der Waals surface area contributed by atoms with Crippen LogP contribution in [0.25, 0.3) is 0 Å². The van der Waals surface area contributed by atoms with E-state index in [1.165, 1.54) is 0 Å². The Morgan fingerprint density at radius 1 is 1.09 bits per heavy atom. The van der Waals surface area contributed by atoms with Crippen LogP contribution in [0.2, 0.25) is 0 Å². The number of hydrogen-bond donors (Lipinski definition) is 2. The first-order valence-electron chi connectivity index (χ1n) is 6.47. The molecule has 0 bridgehead atoms. The van der Waals surface area contributed by atoms with Crippen LogP contribution in [0.5, 0.6) is 0 Å². The quantitative estimate of drug-likeness (QED) is 0.818. The van der Waals surface area contributed by atoms with Crippen molar-refractivity contribution >= 4 is 33.6 Å². The largest absolute Gasteiger partial charge is 0.363 e. The number of aromatic nitrogens is 1. The van der Waals surface area contributed by atoms with Gasteiger partial charge in [-0.2, -0.15) is 0 Å². The molecule has 0 aliphatic carbocycles. The van der Waals surface area contributed by atoms with Crippen molar-refractivity contribution in [3.05, 3.63) is 58.2 Å². The van der Waals surface area contributed by atoms with Crippen molar-refractivity contribution in [2.75, 3.05) is 19.0 Å². The third-order valence-electron chi connectivity index (χ3n) is 2.87. The number of halogens is 1. The second-order valence-electron chi connectivity index (χ2n) is 4.69. The molecule has 22 heavy (non-hydrogen) atoms. The molecule has 2 rings (SSSR count). The first kappa shape index (κ1) is 16.0. The van der Waals surface area contributed by atoms with Crippen molar-refractivity contribution in [1.82, 2.24) is 15.8 Å². The normalized spacial score (nSPS) is 9.95. The smallest absolute Gasteiger partial charge is 0.270 e. The number of pyridine rings is 1. The van der Waals surface area contributed by atoms with Crippen molar-refractivity contribution in [2.45, 2.75) is 0 Å². The van der Waals surface area contributed by atoms with Crippen LogP contribution < -0.4 is 15.8 Å². The van der Waals surface area contributed by atoms with E-state index in [1.54, 1.807) is 47.5 Å². The van der Waals surface area contributed by atoms with Gasteiger partial charge in [0.1, 0.15) is 5.82 Å². The molecular weight excluding hydrogens is 348 g/mol. The molecule has 0 spiro atoms. The highest BCUT2D eigenvalue weighted by Gasteiger charge is 2.12. The summed E-state index contributed by atoms with van der Waals surface area (Å²) < 4.78 is 0.653. The fraction of sp³-hybridized carbons (Fsp3) is 0.133. The van der Waals surface area contributed by atoms with Gasteiger partial charge in [-0.25, -0.2) is 4.98 Å². The Bertz CT molecular complexity index is 703. The molecule has 0 atom stereocenters. The van der Waals surface area contributed by atoms with Gasteiger partial charge in [0.25, 0.3) is 11.8 Å². The summed E-state index contributed by atoms with van der Waals surface area (Å²) in [6.07, 6.45) is 1.54. The van der Waals surface area contributed by atoms with Crippen molar-refractivity contribution in [2.24, 2.45) is 0 Å². The van der Waals surface area contributed by atoms with Gasteiger partial charge in [-0.15, -0.1) is 0 Å². The lowest BCUT2D eigenvalue weighted by atomic mass is 10.2. The zero-order chi connectivity index (χ0) is 16.1. The number of amides is 2. The molecule has 0 radical (unpaired) electrons. The summed E-state index contributed by atoms with van der Waals surface area (Å²) in [7, 11) is 3.66. The van der Waals surface area contributed by atoms with Gasteiger partial charge in [0.2, 0.25) is 0 Å². The maximum absolute atomic E-state index is 12.1. The SMILES string of the molecule is CN(C)c1cc(C(=O)NNC(=O)c2ccccc2Br)ccn1. The lowest BCUT2D eigenvalue weighted by Gasteiger charge is -2.12. The first-order valence-corrected chi connectivity index (χ1v) is 7.27. The van der Waals surface area contributed by atoms with E-state index in [2.05, 4.69) is 31.8 Å². The summed E-state index contributed by atoms with van der Waals surface area (Å²) in [4.78, 5) is 30.0. The topological polar surface area (TPSA) is 74.3 Å². The van der Waals surface area contributed by atoms with Crippen LogP contribution in [0.15, 0.2) is 47.1 Å². The van der Waals surface area contributed by atoms with E-state index < -0.39 is 11.8 Å². The third kappa shape index (κ3) is 3.82. The number of nitrogens with zero attached hydrogens (tertiary/aromatic N) is 2. The molecular formula is C15H15BrN4O2. The van der Waals surface area contributed by atoms with Gasteiger partial charge >= 0.3 is 0 Å². The van der Waals surface area contributed by atoms with Crippen LogP contribution in [0, 0.1) is 0 Å². The summed E-state index contributed by atoms with van der Waals surface area (Å²) in [6, 6.07) is 10.2. The van der Waals surface area contributed by atoms with E-state index >= 15 is 0 Å². The molecule has 0 saturated carbocycles. The Hall–Kier alpha value is -2.41. The summed E-state index contributed by atoms with van der Waals surface area (Å²) in [5.74, 6) is -0.154. The maximum atomic E-state index is 12.1. The first-order chi connectivity index (χ1) is 10.5. The minimum Gasteiger partial charge on any atom is -0.363 e. The van der Waals surface area contributed by atoms with Gasteiger partial charge in [0.15, 0.2) is 0 Å². The number of anilines is 1. The van der Waals surface area contributed by atoms with E-state index in [4.69, 9.17) is 0 Å². The van der Waals surface area contributed by atoms with Crippen LogP contribution in [0.1, 0.15) is 20.7 Å². The Morgan fingerprint density at radius 2 is 1.77 bits per heavy atom. The number of benzene rings is 1. The molecule has 0 unspecified atom stereocenters. The number of nitrogens with one attached hydrogen (secondary N) is 2. The highest BCUT2D eigenvalue weighted by molar-refractivity contribution is 9.10. The Kier molecular flexibility index (Phi) is 5.11. The van der Waals surface area contributed by atoms with Gasteiger partial charge in [0.05, 0.1) is 5.56 Å². The van der Waals surface area contributed by atoms with E-state index in [0.717, 1.165) is 0 Å². The molecule has 0 aliphatic heterocycles. The number of rotatable bonds is 3. The van der Waals surface area contributed by atoms with Crippen molar-refractivity contribution < 1.29 is 9.59 Å². The number of hydrazine groups is 1. The van der Waals surface area contributed by atoms with Gasteiger partial charge < -0.3 is 4.90 Å². The molecule has 6 nitrogen and oxygen atoms in total. The Labute approximate surface area is 136 Å². The van der Waals surface area contributed by atoms with E-state index in [0.29, 0.717) is 21.4 Å². The minimum atomic E-state index is -0.411. The summed E-state index contributed by atoms with van der Waals surface area (Å²) >= 11 is 3.29. The molecule has 0 aliphatic rings. The summed E-state index contributed by atoms with van der Waals surface area (Å²) in [5.41, 5.74) is 5.61. The summed E-state index contributed by atoms with van der Waals surface area (Å²) in [6.45, 7) is 0. The average molecular weight is 363 g/mol. The summed E-state index contributed by atoms with van der Waals surface area (Å²) in [5, 5.41) is 0. The molecule has 0 saturated heterocycles. The highest BCUT2D eigenvalue weighted by Crippen LogP contribution is 2.15. The lowest BCUT2D eigenvalue weighted by Crippen LogP contribution is -2.41. The van der Waals surface area contributed by atoms with Crippen LogP contribution in [0.3, 0.4) is 0 Å². The lowest BCUT2D eigenvalue weighted by molar-refractivity contribution is 0.0846.